The SMILES string of the molecule is O=c1cnc2cc(CO)ccc2[nH]1. The van der Waals surface area contributed by atoms with Gasteiger partial charge in [-0.05, 0) is 17.7 Å². The fraction of sp³-hybridized carbons (Fsp3) is 0.111. The van der Waals surface area contributed by atoms with E-state index in [-0.39, 0.29) is 12.2 Å². The van der Waals surface area contributed by atoms with E-state index in [4.69, 9.17) is 5.11 Å². The van der Waals surface area contributed by atoms with Crippen molar-refractivity contribution in [3.05, 3.63) is 40.3 Å². The van der Waals surface area contributed by atoms with Crippen LogP contribution in [0.1, 0.15) is 5.56 Å². The number of nitrogens with zero attached hydrogens (tertiary/aromatic N) is 1. The molecule has 1 heterocycles. The van der Waals surface area contributed by atoms with Crippen molar-refractivity contribution in [2.75, 3.05) is 0 Å². The molecule has 0 aliphatic carbocycles. The third-order valence-corrected chi connectivity index (χ3v) is 1.82. The molecular formula is C9H8N2O2. The highest BCUT2D eigenvalue weighted by molar-refractivity contribution is 5.74. The number of rotatable bonds is 1. The number of aliphatic hydroxyl groups is 1. The van der Waals surface area contributed by atoms with Gasteiger partial charge in [-0.3, -0.25) is 4.79 Å². The zero-order valence-corrected chi connectivity index (χ0v) is 6.82. The Bertz CT molecular complexity index is 490. The predicted molar refractivity (Wildman–Crippen MR) is 48.3 cm³/mol. The topological polar surface area (TPSA) is 66.0 Å². The molecule has 2 N–H and O–H groups in total. The molecule has 1 aromatic carbocycles. The summed E-state index contributed by atoms with van der Waals surface area (Å²) in [6.07, 6.45) is 1.23. The van der Waals surface area contributed by atoms with Crippen LogP contribution in [0.25, 0.3) is 11.0 Å². The van der Waals surface area contributed by atoms with Gasteiger partial charge in [0.1, 0.15) is 0 Å². The van der Waals surface area contributed by atoms with Crippen molar-refractivity contribution < 1.29 is 5.11 Å². The van der Waals surface area contributed by atoms with E-state index >= 15 is 0 Å². The van der Waals surface area contributed by atoms with Gasteiger partial charge in [-0.2, -0.15) is 0 Å². The Kier molecular flexibility index (Phi) is 1.83. The molecule has 0 bridgehead atoms. The maximum absolute atomic E-state index is 10.9. The third-order valence-electron chi connectivity index (χ3n) is 1.82. The molecular weight excluding hydrogens is 168 g/mol. The van der Waals surface area contributed by atoms with E-state index in [0.717, 1.165) is 5.56 Å². The maximum Gasteiger partial charge on any atom is 0.266 e. The summed E-state index contributed by atoms with van der Waals surface area (Å²) >= 11 is 0. The fourth-order valence-corrected chi connectivity index (χ4v) is 1.18. The second kappa shape index (κ2) is 2.99. The number of hydrogen-bond donors (Lipinski definition) is 2. The number of benzene rings is 1. The zero-order valence-electron chi connectivity index (χ0n) is 6.82. The van der Waals surface area contributed by atoms with E-state index in [2.05, 4.69) is 9.97 Å². The molecule has 0 saturated heterocycles. The highest BCUT2D eigenvalue weighted by Crippen LogP contribution is 2.09. The summed E-state index contributed by atoms with van der Waals surface area (Å²) in [5.74, 6) is 0. The summed E-state index contributed by atoms with van der Waals surface area (Å²) in [6, 6.07) is 5.22. The first-order chi connectivity index (χ1) is 6.29. The van der Waals surface area contributed by atoms with Crippen LogP contribution in [0.5, 0.6) is 0 Å². The Morgan fingerprint density at radius 2 is 2.31 bits per heavy atom. The Balaban J connectivity index is 2.73. The molecule has 4 heteroatoms. The van der Waals surface area contributed by atoms with E-state index < -0.39 is 0 Å². The molecule has 2 aromatic rings. The highest BCUT2D eigenvalue weighted by Gasteiger charge is 1.96. The van der Waals surface area contributed by atoms with Crippen LogP contribution in [-0.2, 0) is 6.61 Å². The summed E-state index contributed by atoms with van der Waals surface area (Å²) in [4.78, 5) is 17.4. The molecule has 0 aliphatic heterocycles. The largest absolute Gasteiger partial charge is 0.392 e. The normalized spacial score (nSPS) is 10.5. The lowest BCUT2D eigenvalue weighted by atomic mass is 10.2. The molecule has 0 saturated carbocycles. The predicted octanol–water partition coefficient (Wildman–Crippen LogP) is 0.415. The Morgan fingerprint density at radius 1 is 1.46 bits per heavy atom. The van der Waals surface area contributed by atoms with Crippen molar-refractivity contribution in [2.24, 2.45) is 0 Å². The van der Waals surface area contributed by atoms with Gasteiger partial charge < -0.3 is 10.1 Å². The number of hydrogen-bond acceptors (Lipinski definition) is 3. The average Bonchev–Trinajstić information content (AvgIpc) is 2.17. The molecule has 4 nitrogen and oxygen atoms in total. The van der Waals surface area contributed by atoms with E-state index in [1.54, 1.807) is 18.2 Å². The lowest BCUT2D eigenvalue weighted by molar-refractivity contribution is 0.282. The minimum atomic E-state index is -0.218. The van der Waals surface area contributed by atoms with E-state index in [1.165, 1.54) is 6.20 Å². The van der Waals surface area contributed by atoms with Gasteiger partial charge in [0.2, 0.25) is 0 Å². The summed E-state index contributed by atoms with van der Waals surface area (Å²) in [7, 11) is 0. The molecule has 0 aliphatic rings. The van der Waals surface area contributed by atoms with Gasteiger partial charge in [0.15, 0.2) is 0 Å². The summed E-state index contributed by atoms with van der Waals surface area (Å²) in [5, 5.41) is 8.85. The number of nitrogens with one attached hydrogen (secondary N) is 1. The Morgan fingerprint density at radius 3 is 3.08 bits per heavy atom. The average molecular weight is 176 g/mol. The monoisotopic (exact) mass is 176 g/mol. The van der Waals surface area contributed by atoms with Crippen molar-refractivity contribution in [3.63, 3.8) is 0 Å². The molecule has 0 unspecified atom stereocenters. The third kappa shape index (κ3) is 1.43. The summed E-state index contributed by atoms with van der Waals surface area (Å²) in [6.45, 7) is -0.0171. The van der Waals surface area contributed by atoms with Crippen LogP contribution >= 0.6 is 0 Å². The van der Waals surface area contributed by atoms with Gasteiger partial charge in [-0.1, -0.05) is 6.07 Å². The summed E-state index contributed by atoms with van der Waals surface area (Å²) < 4.78 is 0. The summed E-state index contributed by atoms with van der Waals surface area (Å²) in [5.41, 5.74) is 1.94. The zero-order chi connectivity index (χ0) is 9.26. The Hall–Kier alpha value is -1.68. The van der Waals surface area contributed by atoms with Gasteiger partial charge in [0.05, 0.1) is 23.8 Å². The van der Waals surface area contributed by atoms with Gasteiger partial charge in [-0.25, -0.2) is 4.98 Å². The molecule has 0 fully saturated rings. The van der Waals surface area contributed by atoms with Crippen LogP contribution in [-0.4, -0.2) is 15.1 Å². The minimum absolute atomic E-state index is 0.0171. The van der Waals surface area contributed by atoms with Crippen LogP contribution in [0.4, 0.5) is 0 Å². The van der Waals surface area contributed by atoms with Crippen molar-refractivity contribution in [2.45, 2.75) is 6.61 Å². The van der Waals surface area contributed by atoms with E-state index in [1.807, 2.05) is 0 Å². The van der Waals surface area contributed by atoms with Crippen LogP contribution in [0.3, 0.4) is 0 Å². The van der Waals surface area contributed by atoms with Crippen molar-refractivity contribution in [1.82, 2.24) is 9.97 Å². The van der Waals surface area contributed by atoms with Crippen LogP contribution < -0.4 is 5.56 Å². The second-order valence-corrected chi connectivity index (χ2v) is 2.76. The maximum atomic E-state index is 10.9. The van der Waals surface area contributed by atoms with E-state index in [9.17, 15) is 4.79 Å². The Labute approximate surface area is 73.9 Å². The fourth-order valence-electron chi connectivity index (χ4n) is 1.18. The smallest absolute Gasteiger partial charge is 0.266 e. The minimum Gasteiger partial charge on any atom is -0.392 e. The molecule has 1 aromatic heterocycles. The van der Waals surface area contributed by atoms with Gasteiger partial charge >= 0.3 is 0 Å². The van der Waals surface area contributed by atoms with Gasteiger partial charge in [0, 0.05) is 0 Å². The van der Waals surface area contributed by atoms with Crippen LogP contribution in [0.15, 0.2) is 29.2 Å². The number of aromatic nitrogens is 2. The molecule has 0 amide bonds. The molecule has 13 heavy (non-hydrogen) atoms. The van der Waals surface area contributed by atoms with Gasteiger partial charge in [0.25, 0.3) is 5.56 Å². The first-order valence-corrected chi connectivity index (χ1v) is 3.88. The number of fused-ring (bicyclic) bond motifs is 1. The number of aliphatic hydroxyl groups excluding tert-OH is 1. The molecule has 0 atom stereocenters. The number of H-pyrrole nitrogens is 1. The van der Waals surface area contributed by atoms with Crippen LogP contribution in [0.2, 0.25) is 0 Å². The second-order valence-electron chi connectivity index (χ2n) is 2.76. The van der Waals surface area contributed by atoms with Crippen molar-refractivity contribution >= 4 is 11.0 Å². The molecule has 66 valence electrons. The number of aromatic amines is 1. The van der Waals surface area contributed by atoms with Crippen molar-refractivity contribution in [1.29, 1.82) is 0 Å². The van der Waals surface area contributed by atoms with Gasteiger partial charge in [-0.15, -0.1) is 0 Å². The lowest BCUT2D eigenvalue weighted by Crippen LogP contribution is -2.04. The molecule has 0 spiro atoms. The first-order valence-electron chi connectivity index (χ1n) is 3.88. The first kappa shape index (κ1) is 7.94. The van der Waals surface area contributed by atoms with Crippen molar-refractivity contribution in [3.8, 4) is 0 Å². The lowest BCUT2D eigenvalue weighted by Gasteiger charge is -1.98. The molecule has 0 radical (unpaired) electrons. The highest BCUT2D eigenvalue weighted by atomic mass is 16.3. The van der Waals surface area contributed by atoms with E-state index in [0.29, 0.717) is 11.0 Å². The van der Waals surface area contributed by atoms with Crippen LogP contribution in [0, 0.1) is 0 Å². The quantitative estimate of drug-likeness (QED) is 0.661. The molecule has 2 rings (SSSR count). The standard InChI is InChI=1S/C9H8N2O2/c12-5-6-1-2-7-8(3-6)10-4-9(13)11-7/h1-4,12H,5H2,(H,11,13).